The summed E-state index contributed by atoms with van der Waals surface area (Å²) in [5.41, 5.74) is 2.65. The lowest BCUT2D eigenvalue weighted by Gasteiger charge is -2.24. The van der Waals surface area contributed by atoms with Crippen molar-refractivity contribution in [3.8, 4) is 28.7 Å². The van der Waals surface area contributed by atoms with Gasteiger partial charge in [0.15, 0.2) is 17.3 Å². The molecule has 30 heavy (non-hydrogen) atoms. The van der Waals surface area contributed by atoms with E-state index in [1.807, 2.05) is 24.3 Å². The van der Waals surface area contributed by atoms with Gasteiger partial charge in [0.2, 0.25) is 5.82 Å². The first-order valence-corrected chi connectivity index (χ1v) is 9.47. The van der Waals surface area contributed by atoms with Crippen LogP contribution in [-0.4, -0.2) is 32.2 Å². The molecule has 10 heteroatoms. The lowest BCUT2D eigenvalue weighted by molar-refractivity contribution is -0.00112. The summed E-state index contributed by atoms with van der Waals surface area (Å²) >= 11 is 5.95. The summed E-state index contributed by atoms with van der Waals surface area (Å²) in [6, 6.07) is 11.9. The van der Waals surface area contributed by atoms with E-state index >= 15 is 0 Å². The molecule has 2 aromatic carbocycles. The zero-order valence-corrected chi connectivity index (χ0v) is 16.5. The van der Waals surface area contributed by atoms with Crippen LogP contribution in [0, 0.1) is 5.82 Å². The van der Waals surface area contributed by atoms with Gasteiger partial charge in [-0.15, -0.1) is 5.10 Å². The summed E-state index contributed by atoms with van der Waals surface area (Å²) < 4.78 is 32.0. The van der Waals surface area contributed by atoms with Crippen molar-refractivity contribution in [3.05, 3.63) is 64.6 Å². The molecule has 8 nitrogen and oxygen atoms in total. The number of methoxy groups -OCH3 is 1. The highest BCUT2D eigenvalue weighted by molar-refractivity contribution is 6.30. The van der Waals surface area contributed by atoms with Crippen molar-refractivity contribution >= 4 is 11.6 Å². The average molecular weight is 428 g/mol. The average Bonchev–Trinajstić information content (AvgIpc) is 3.41. The van der Waals surface area contributed by atoms with Crippen LogP contribution in [0.2, 0.25) is 5.02 Å². The van der Waals surface area contributed by atoms with E-state index in [0.29, 0.717) is 22.8 Å². The van der Waals surface area contributed by atoms with Gasteiger partial charge in [0.05, 0.1) is 26.0 Å². The van der Waals surface area contributed by atoms with Crippen molar-refractivity contribution in [1.29, 1.82) is 0 Å². The van der Waals surface area contributed by atoms with Crippen molar-refractivity contribution < 1.29 is 18.4 Å². The molecule has 152 valence electrons. The number of hydrogen-bond acceptors (Lipinski definition) is 7. The fourth-order valence-electron chi connectivity index (χ4n) is 3.30. The van der Waals surface area contributed by atoms with Crippen LogP contribution in [0.1, 0.15) is 17.4 Å². The first-order chi connectivity index (χ1) is 14.6. The Labute approximate surface area is 175 Å². The molecule has 5 rings (SSSR count). The second-order valence-electron chi connectivity index (χ2n) is 6.69. The van der Waals surface area contributed by atoms with Gasteiger partial charge in [0, 0.05) is 10.6 Å². The predicted octanol–water partition coefficient (Wildman–Crippen LogP) is 4.07. The SMILES string of the molecule is COc1ccc(-c2nc(-c3nnn4c3CO[C@H](c3ccc(Cl)cc3)C4)no2)cc1F. The van der Waals surface area contributed by atoms with Crippen molar-refractivity contribution in [3.63, 3.8) is 0 Å². The largest absolute Gasteiger partial charge is 0.494 e. The van der Waals surface area contributed by atoms with E-state index < -0.39 is 5.82 Å². The van der Waals surface area contributed by atoms with Crippen molar-refractivity contribution in [1.82, 2.24) is 25.1 Å². The predicted molar refractivity (Wildman–Crippen MR) is 104 cm³/mol. The number of hydrogen-bond donors (Lipinski definition) is 0. The quantitative estimate of drug-likeness (QED) is 0.485. The fourth-order valence-corrected chi connectivity index (χ4v) is 3.43. The van der Waals surface area contributed by atoms with E-state index in [9.17, 15) is 4.39 Å². The second-order valence-corrected chi connectivity index (χ2v) is 7.13. The van der Waals surface area contributed by atoms with Crippen LogP contribution < -0.4 is 4.74 Å². The Hall–Kier alpha value is -3.30. The van der Waals surface area contributed by atoms with Crippen molar-refractivity contribution in [2.45, 2.75) is 19.3 Å². The van der Waals surface area contributed by atoms with E-state index in [1.54, 1.807) is 10.7 Å². The van der Waals surface area contributed by atoms with Crippen LogP contribution in [0.4, 0.5) is 4.39 Å². The molecular formula is C20H15ClFN5O3. The van der Waals surface area contributed by atoms with Gasteiger partial charge in [0.1, 0.15) is 6.10 Å². The van der Waals surface area contributed by atoms with Crippen LogP contribution in [-0.2, 0) is 17.9 Å². The molecule has 0 spiro atoms. The number of halogens is 2. The molecule has 1 aliphatic heterocycles. The molecule has 0 saturated carbocycles. The Balaban J connectivity index is 1.40. The molecular weight excluding hydrogens is 413 g/mol. The number of benzene rings is 2. The van der Waals surface area contributed by atoms with E-state index in [-0.39, 0.29) is 30.2 Å². The number of aromatic nitrogens is 5. The van der Waals surface area contributed by atoms with Crippen LogP contribution in [0.25, 0.3) is 23.0 Å². The molecule has 0 N–H and O–H groups in total. The topological polar surface area (TPSA) is 88.1 Å². The summed E-state index contributed by atoms with van der Waals surface area (Å²) in [7, 11) is 1.40. The lowest BCUT2D eigenvalue weighted by atomic mass is 10.1. The Kier molecular flexibility index (Phi) is 4.68. The second kappa shape index (κ2) is 7.51. The van der Waals surface area contributed by atoms with Gasteiger partial charge in [0.25, 0.3) is 5.89 Å². The Bertz CT molecular complexity index is 1210. The maximum atomic E-state index is 14.0. The third-order valence-corrected chi connectivity index (χ3v) is 5.13. The molecule has 0 saturated heterocycles. The van der Waals surface area contributed by atoms with Crippen LogP contribution in [0.15, 0.2) is 47.0 Å². The highest BCUT2D eigenvalue weighted by Crippen LogP contribution is 2.31. The van der Waals surface area contributed by atoms with Crippen LogP contribution in [0.5, 0.6) is 5.75 Å². The highest BCUT2D eigenvalue weighted by Gasteiger charge is 2.27. The molecule has 0 fully saturated rings. The molecule has 1 aliphatic rings. The Morgan fingerprint density at radius 1 is 1.20 bits per heavy atom. The minimum absolute atomic E-state index is 0.137. The standard InChI is InChI=1S/C20H15ClFN5O3/c1-28-16-7-4-12(8-14(16)22)20-23-19(25-30-20)18-15-10-29-17(9-27(15)26-24-18)11-2-5-13(21)6-3-11/h2-8,17H,9-10H2,1H3/t17-/m0/s1. The summed E-state index contributed by atoms with van der Waals surface area (Å²) in [5.74, 6) is 0.0516. The van der Waals surface area contributed by atoms with Crippen molar-refractivity contribution in [2.24, 2.45) is 0 Å². The summed E-state index contributed by atoms with van der Waals surface area (Å²) in [6.07, 6.45) is -0.160. The maximum Gasteiger partial charge on any atom is 0.258 e. The Morgan fingerprint density at radius 3 is 2.80 bits per heavy atom. The van der Waals surface area contributed by atoms with Gasteiger partial charge in [-0.1, -0.05) is 34.1 Å². The van der Waals surface area contributed by atoms with E-state index in [0.717, 1.165) is 11.3 Å². The monoisotopic (exact) mass is 427 g/mol. The number of fused-ring (bicyclic) bond motifs is 1. The van der Waals surface area contributed by atoms with Crippen LogP contribution >= 0.6 is 11.6 Å². The molecule has 0 aliphatic carbocycles. The van der Waals surface area contributed by atoms with Gasteiger partial charge < -0.3 is 14.0 Å². The molecule has 0 unspecified atom stereocenters. The minimum Gasteiger partial charge on any atom is -0.494 e. The van der Waals surface area contributed by atoms with Gasteiger partial charge >= 0.3 is 0 Å². The smallest absolute Gasteiger partial charge is 0.258 e. The van der Waals surface area contributed by atoms with Crippen molar-refractivity contribution in [2.75, 3.05) is 7.11 Å². The molecule has 4 aromatic rings. The van der Waals surface area contributed by atoms with Gasteiger partial charge in [-0.2, -0.15) is 4.98 Å². The first kappa shape index (κ1) is 18.7. The molecule has 2 aromatic heterocycles. The molecule has 1 atom stereocenters. The number of rotatable bonds is 4. The van der Waals surface area contributed by atoms with Gasteiger partial charge in [-0.3, -0.25) is 0 Å². The molecule has 0 radical (unpaired) electrons. The third kappa shape index (κ3) is 3.31. The first-order valence-electron chi connectivity index (χ1n) is 9.10. The van der Waals surface area contributed by atoms with E-state index in [1.165, 1.54) is 19.2 Å². The molecule has 0 bridgehead atoms. The lowest BCUT2D eigenvalue weighted by Crippen LogP contribution is -2.22. The zero-order valence-electron chi connectivity index (χ0n) is 15.7. The van der Waals surface area contributed by atoms with Crippen LogP contribution in [0.3, 0.4) is 0 Å². The summed E-state index contributed by atoms with van der Waals surface area (Å²) in [5, 5.41) is 13.0. The summed E-state index contributed by atoms with van der Waals surface area (Å²) in [6.45, 7) is 0.787. The number of nitrogens with zero attached hydrogens (tertiary/aromatic N) is 5. The van der Waals surface area contributed by atoms with Gasteiger partial charge in [-0.05, 0) is 35.9 Å². The van der Waals surface area contributed by atoms with E-state index in [4.69, 9.17) is 25.6 Å². The normalized spacial score (nSPS) is 15.8. The zero-order chi connectivity index (χ0) is 20.7. The molecule has 3 heterocycles. The highest BCUT2D eigenvalue weighted by atomic mass is 35.5. The third-order valence-electron chi connectivity index (χ3n) is 4.88. The van der Waals surface area contributed by atoms with Gasteiger partial charge in [-0.25, -0.2) is 9.07 Å². The molecule has 0 amide bonds. The Morgan fingerprint density at radius 2 is 2.03 bits per heavy atom. The minimum atomic E-state index is -0.516. The summed E-state index contributed by atoms with van der Waals surface area (Å²) in [4.78, 5) is 4.34. The van der Waals surface area contributed by atoms with E-state index in [2.05, 4.69) is 20.5 Å². The number of ether oxygens (including phenoxy) is 2. The fraction of sp³-hybridized carbons (Fsp3) is 0.200. The maximum absolute atomic E-state index is 14.0.